The molecule has 0 aliphatic carbocycles. The van der Waals surface area contributed by atoms with Crippen molar-refractivity contribution in [3.05, 3.63) is 95.1 Å². The van der Waals surface area contributed by atoms with Crippen LogP contribution < -0.4 is 28.4 Å². The summed E-state index contributed by atoms with van der Waals surface area (Å²) >= 11 is 0. The van der Waals surface area contributed by atoms with Crippen LogP contribution in [0.25, 0.3) is 23.3 Å². The van der Waals surface area contributed by atoms with Gasteiger partial charge in [0, 0.05) is 73.9 Å². The summed E-state index contributed by atoms with van der Waals surface area (Å²) in [6, 6.07) is 17.2. The Kier molecular flexibility index (Phi) is 18.4. The molecule has 4 aromatic carbocycles. The van der Waals surface area contributed by atoms with E-state index in [-0.39, 0.29) is 34.1 Å². The van der Waals surface area contributed by atoms with Crippen LogP contribution in [0.3, 0.4) is 0 Å². The molecule has 0 spiro atoms. The van der Waals surface area contributed by atoms with Crippen LogP contribution >= 0.6 is 0 Å². The van der Waals surface area contributed by atoms with Crippen molar-refractivity contribution in [1.29, 1.82) is 0 Å². The number of phenols is 2. The number of hydrogen-bond donors (Lipinski definition) is 2. The number of phenolic OH excluding ortho intramolecular Hbond substituents is 2. The highest BCUT2D eigenvalue weighted by molar-refractivity contribution is 6.11. The van der Waals surface area contributed by atoms with Crippen LogP contribution in [0, 0.1) is 0 Å². The van der Waals surface area contributed by atoms with Gasteiger partial charge in [0.2, 0.25) is 0 Å². The minimum atomic E-state index is -0.597. The summed E-state index contributed by atoms with van der Waals surface area (Å²) < 4.78 is 73.5. The lowest BCUT2D eigenvalue weighted by molar-refractivity contribution is -0.109. The molecular formula is C60H70O16. The zero-order valence-electron chi connectivity index (χ0n) is 43.1. The van der Waals surface area contributed by atoms with Crippen LogP contribution in [0.5, 0.6) is 46.0 Å². The molecule has 76 heavy (non-hydrogen) atoms. The van der Waals surface area contributed by atoms with Gasteiger partial charge in [-0.2, -0.15) is 0 Å². The first-order valence-corrected chi connectivity index (χ1v) is 27.4. The number of aromatic hydroxyl groups is 2. The van der Waals surface area contributed by atoms with Gasteiger partial charge in [0.1, 0.15) is 57.1 Å². The SMILES string of the molecule is O=C(/C=C/c1ccc(OC2CCCCO2)c(-c2cc(/C=C/C(=O)c3c(O)cc(OC4CCCCO4)cc3OC3CCCCO3)ccc2OC2CCCCO2)c1)c1c(O)cc(OC2CCCCO2)cc1OC1CCCCO1. The van der Waals surface area contributed by atoms with Gasteiger partial charge in [0.15, 0.2) is 49.3 Å². The molecule has 6 fully saturated rings. The second-order valence-electron chi connectivity index (χ2n) is 20.0. The van der Waals surface area contributed by atoms with Gasteiger partial charge in [-0.15, -0.1) is 0 Å². The fraction of sp³-hybridized carbons (Fsp3) is 0.500. The van der Waals surface area contributed by atoms with Crippen molar-refractivity contribution < 1.29 is 76.6 Å². The molecule has 6 saturated heterocycles. The fourth-order valence-corrected chi connectivity index (χ4v) is 10.1. The molecule has 406 valence electrons. The van der Waals surface area contributed by atoms with Gasteiger partial charge in [0.05, 0.1) is 39.6 Å². The van der Waals surface area contributed by atoms with E-state index in [0.29, 0.717) is 123 Å². The maximum atomic E-state index is 14.3. The van der Waals surface area contributed by atoms with Crippen molar-refractivity contribution in [2.75, 3.05) is 39.6 Å². The topological polar surface area (TPSA) is 185 Å². The number of hydrogen-bond acceptors (Lipinski definition) is 16. The normalized spacial score (nSPS) is 24.4. The van der Waals surface area contributed by atoms with E-state index in [0.717, 1.165) is 77.0 Å². The molecule has 0 radical (unpaired) electrons. The number of benzene rings is 4. The number of ketones is 2. The molecule has 10 rings (SSSR count). The summed E-state index contributed by atoms with van der Waals surface area (Å²) in [5.74, 6) is 0.369. The third-order valence-electron chi connectivity index (χ3n) is 14.2. The average Bonchev–Trinajstić information content (AvgIpc) is 3.44. The van der Waals surface area contributed by atoms with Crippen LogP contribution in [0.4, 0.5) is 0 Å². The zero-order valence-corrected chi connectivity index (χ0v) is 43.1. The summed E-state index contributed by atoms with van der Waals surface area (Å²) in [7, 11) is 0. The smallest absolute Gasteiger partial charge is 0.199 e. The Morgan fingerprint density at radius 1 is 0.382 bits per heavy atom. The minimum Gasteiger partial charge on any atom is -0.507 e. The molecule has 6 atom stereocenters. The Morgan fingerprint density at radius 3 is 0.987 bits per heavy atom. The van der Waals surface area contributed by atoms with Crippen molar-refractivity contribution in [3.8, 4) is 57.1 Å². The Labute approximate surface area is 444 Å². The summed E-state index contributed by atoms with van der Waals surface area (Å²) in [5, 5.41) is 22.9. The quantitative estimate of drug-likeness (QED) is 0.0667. The van der Waals surface area contributed by atoms with Gasteiger partial charge in [0.25, 0.3) is 0 Å². The molecule has 0 aromatic heterocycles. The van der Waals surface area contributed by atoms with E-state index in [9.17, 15) is 19.8 Å². The molecule has 4 aromatic rings. The van der Waals surface area contributed by atoms with Crippen LogP contribution in [-0.2, 0) is 28.4 Å². The Hall–Kier alpha value is -6.14. The lowest BCUT2D eigenvalue weighted by Gasteiger charge is -2.27. The second-order valence-corrected chi connectivity index (χ2v) is 20.0. The molecule has 2 N–H and O–H groups in total. The van der Waals surface area contributed by atoms with E-state index in [4.69, 9.17) is 56.8 Å². The maximum Gasteiger partial charge on any atom is 0.199 e. The van der Waals surface area contributed by atoms with Crippen LogP contribution in [0.1, 0.15) is 147 Å². The number of allylic oxidation sites excluding steroid dienone is 2. The fourth-order valence-electron chi connectivity index (χ4n) is 10.1. The molecule has 16 heteroatoms. The molecular weight excluding hydrogens is 977 g/mol. The summed E-state index contributed by atoms with van der Waals surface area (Å²) in [4.78, 5) is 28.6. The van der Waals surface area contributed by atoms with Crippen molar-refractivity contribution in [2.45, 2.75) is 153 Å². The molecule has 6 aliphatic heterocycles. The Bertz CT molecular complexity index is 2460. The minimum absolute atomic E-state index is 0.0261. The van der Waals surface area contributed by atoms with Gasteiger partial charge in [-0.25, -0.2) is 0 Å². The number of ether oxygens (including phenoxy) is 12. The summed E-state index contributed by atoms with van der Waals surface area (Å²) in [6.45, 7) is 3.35. The number of carbonyl (C=O) groups excluding carboxylic acids is 2. The molecule has 6 unspecified atom stereocenters. The third-order valence-corrected chi connectivity index (χ3v) is 14.2. The van der Waals surface area contributed by atoms with Crippen molar-refractivity contribution in [1.82, 2.24) is 0 Å². The maximum absolute atomic E-state index is 14.3. The largest absolute Gasteiger partial charge is 0.507 e. The van der Waals surface area contributed by atoms with Gasteiger partial charge in [-0.1, -0.05) is 24.3 Å². The van der Waals surface area contributed by atoms with Gasteiger partial charge >= 0.3 is 0 Å². The van der Waals surface area contributed by atoms with Crippen LogP contribution in [-0.4, -0.2) is 99.2 Å². The monoisotopic (exact) mass is 1050 g/mol. The first-order valence-electron chi connectivity index (χ1n) is 27.4. The van der Waals surface area contributed by atoms with Crippen LogP contribution in [0.2, 0.25) is 0 Å². The van der Waals surface area contributed by atoms with Crippen molar-refractivity contribution >= 4 is 23.7 Å². The predicted molar refractivity (Wildman–Crippen MR) is 280 cm³/mol. The van der Waals surface area contributed by atoms with E-state index in [2.05, 4.69) is 0 Å². The number of rotatable bonds is 19. The van der Waals surface area contributed by atoms with Gasteiger partial charge in [-0.05, 0) is 125 Å². The highest BCUT2D eigenvalue weighted by atomic mass is 16.7. The molecule has 0 amide bonds. The predicted octanol–water partition coefficient (Wildman–Crippen LogP) is 12.0. The first kappa shape index (κ1) is 53.3. The summed E-state index contributed by atoms with van der Waals surface area (Å²) in [6.07, 6.45) is 18.2. The van der Waals surface area contributed by atoms with E-state index < -0.39 is 49.3 Å². The lowest BCUT2D eigenvalue weighted by Crippen LogP contribution is -2.26. The van der Waals surface area contributed by atoms with E-state index in [1.54, 1.807) is 24.3 Å². The number of carbonyl (C=O) groups is 2. The molecule has 0 saturated carbocycles. The average molecular weight is 1050 g/mol. The highest BCUT2D eigenvalue weighted by Crippen LogP contribution is 2.43. The third kappa shape index (κ3) is 14.3. The first-order chi connectivity index (χ1) is 37.3. The van der Waals surface area contributed by atoms with E-state index in [1.807, 2.05) is 36.4 Å². The second kappa shape index (κ2) is 26.3. The molecule has 16 nitrogen and oxygen atoms in total. The van der Waals surface area contributed by atoms with Gasteiger partial charge < -0.3 is 67.1 Å². The van der Waals surface area contributed by atoms with Crippen molar-refractivity contribution in [3.63, 3.8) is 0 Å². The van der Waals surface area contributed by atoms with Crippen molar-refractivity contribution in [2.24, 2.45) is 0 Å². The standard InChI is InChI=1S/C60H70O16/c61-45(59-47(63)35-41(71-53-13-1-7-27-65-53)37-51(59)75-57-17-5-11-31-69-57)23-19-39-21-25-49(73-55-15-3-9-29-67-55)43(33-39)44-34-40(22-26-50(44)74-56-16-4-10-30-68-56)20-24-46(62)60-48(64)36-42(72-54-14-2-8-28-66-54)38-52(60)76-58-18-6-12-32-70-58/h19-26,33-38,53-58,63-64H,1-18,27-32H2/b23-19+,24-20+. The van der Waals surface area contributed by atoms with E-state index in [1.165, 1.54) is 24.3 Å². The Balaban J connectivity index is 0.977. The lowest BCUT2D eigenvalue weighted by atomic mass is 9.97. The molecule has 6 heterocycles. The zero-order chi connectivity index (χ0) is 52.1. The summed E-state index contributed by atoms with van der Waals surface area (Å²) in [5.41, 5.74) is 2.47. The Morgan fingerprint density at radius 2 is 0.684 bits per heavy atom. The molecule has 6 aliphatic rings. The van der Waals surface area contributed by atoms with Crippen LogP contribution in [0.15, 0.2) is 72.8 Å². The highest BCUT2D eigenvalue weighted by Gasteiger charge is 2.28. The van der Waals surface area contributed by atoms with E-state index >= 15 is 0 Å². The van der Waals surface area contributed by atoms with Gasteiger partial charge in [-0.3, -0.25) is 9.59 Å². The molecule has 0 bridgehead atoms.